The maximum atomic E-state index is 12.4. The Kier molecular flexibility index (Phi) is 3.63. The van der Waals surface area contributed by atoms with Crippen molar-refractivity contribution in [1.29, 1.82) is 0 Å². The van der Waals surface area contributed by atoms with Gasteiger partial charge in [-0.15, -0.1) is 10.2 Å². The lowest BCUT2D eigenvalue weighted by Crippen LogP contribution is -2.03. The number of carbonyl (C=O) groups excluding carboxylic acids is 1. The van der Waals surface area contributed by atoms with Crippen LogP contribution in [0.25, 0.3) is 17.0 Å². The second-order valence-corrected chi connectivity index (χ2v) is 5.62. The average molecular weight is 313 g/mol. The Labute approximate surface area is 139 Å². The third kappa shape index (κ3) is 2.70. The van der Waals surface area contributed by atoms with E-state index in [2.05, 4.69) is 10.2 Å². The van der Waals surface area contributed by atoms with Crippen molar-refractivity contribution < 1.29 is 4.79 Å². The highest BCUT2D eigenvalue weighted by Crippen LogP contribution is 2.19. The summed E-state index contributed by atoms with van der Waals surface area (Å²) in [4.78, 5) is 12.4. The average Bonchev–Trinajstić information content (AvgIpc) is 3.07. The van der Waals surface area contributed by atoms with Gasteiger partial charge >= 0.3 is 0 Å². The van der Waals surface area contributed by atoms with Crippen LogP contribution >= 0.6 is 0 Å². The van der Waals surface area contributed by atoms with Gasteiger partial charge in [0, 0.05) is 23.7 Å². The van der Waals surface area contributed by atoms with E-state index in [0.29, 0.717) is 12.0 Å². The van der Waals surface area contributed by atoms with Crippen LogP contribution in [0.1, 0.15) is 15.9 Å². The minimum atomic E-state index is 0.110. The van der Waals surface area contributed by atoms with E-state index in [1.165, 1.54) is 0 Å². The first-order valence-corrected chi connectivity index (χ1v) is 7.78. The highest BCUT2D eigenvalue weighted by Gasteiger charge is 2.10. The van der Waals surface area contributed by atoms with Crippen molar-refractivity contribution in [2.45, 2.75) is 6.42 Å². The van der Waals surface area contributed by atoms with Gasteiger partial charge in [-0.05, 0) is 17.7 Å². The zero-order valence-corrected chi connectivity index (χ0v) is 13.0. The zero-order chi connectivity index (χ0) is 16.4. The number of benzene rings is 2. The summed E-state index contributed by atoms with van der Waals surface area (Å²) in [7, 11) is 0. The molecule has 2 aromatic carbocycles. The molecule has 0 aliphatic carbocycles. The van der Waals surface area contributed by atoms with Crippen molar-refractivity contribution in [3.05, 3.63) is 90.1 Å². The molecule has 2 aromatic heterocycles. The molecule has 4 rings (SSSR count). The van der Waals surface area contributed by atoms with Gasteiger partial charge in [0.2, 0.25) is 0 Å². The van der Waals surface area contributed by atoms with E-state index in [-0.39, 0.29) is 5.78 Å². The number of hydrogen-bond donors (Lipinski definition) is 0. The molecule has 4 aromatic rings. The molecule has 116 valence electrons. The number of hydrogen-bond acceptors (Lipinski definition) is 3. The van der Waals surface area contributed by atoms with Crippen LogP contribution in [0.5, 0.6) is 0 Å². The lowest BCUT2D eigenvalue weighted by molar-refractivity contribution is 0.0993. The van der Waals surface area contributed by atoms with Crippen LogP contribution in [-0.4, -0.2) is 20.4 Å². The molecule has 0 unspecified atom stereocenters. The lowest BCUT2D eigenvalue weighted by Gasteiger charge is -2.04. The fraction of sp³-hybridized carbons (Fsp3) is 0.0500. The van der Waals surface area contributed by atoms with Gasteiger partial charge in [0.05, 0.1) is 0 Å². The van der Waals surface area contributed by atoms with Crippen LogP contribution < -0.4 is 0 Å². The van der Waals surface area contributed by atoms with Gasteiger partial charge in [-0.2, -0.15) is 0 Å². The van der Waals surface area contributed by atoms with E-state index in [9.17, 15) is 4.79 Å². The highest BCUT2D eigenvalue weighted by molar-refractivity contribution is 5.97. The molecule has 0 radical (unpaired) electrons. The van der Waals surface area contributed by atoms with Crippen LogP contribution in [-0.2, 0) is 6.42 Å². The third-order valence-corrected chi connectivity index (χ3v) is 3.99. The first kappa shape index (κ1) is 14.3. The molecule has 0 saturated carbocycles. The standard InChI is InChI=1S/C20H15N3O/c24-18(14-15-6-2-1-3-7-15)16-9-11-17(12-10-16)20-22-21-19-8-4-5-13-23(19)20/h1-13H,14H2. The van der Waals surface area contributed by atoms with Crippen molar-refractivity contribution in [3.63, 3.8) is 0 Å². The van der Waals surface area contributed by atoms with Gasteiger partial charge in [0.25, 0.3) is 0 Å². The normalized spacial score (nSPS) is 10.8. The largest absolute Gasteiger partial charge is 0.294 e. The molecule has 4 heteroatoms. The van der Waals surface area contributed by atoms with E-state index >= 15 is 0 Å². The Morgan fingerprint density at radius 1 is 0.833 bits per heavy atom. The third-order valence-electron chi connectivity index (χ3n) is 3.99. The van der Waals surface area contributed by atoms with E-state index in [0.717, 1.165) is 22.6 Å². The quantitative estimate of drug-likeness (QED) is 0.538. The van der Waals surface area contributed by atoms with Crippen LogP contribution in [0, 0.1) is 0 Å². The molecule has 0 N–H and O–H groups in total. The van der Waals surface area contributed by atoms with Gasteiger partial charge in [-0.3, -0.25) is 9.20 Å². The zero-order valence-electron chi connectivity index (χ0n) is 13.0. The Balaban J connectivity index is 1.60. The molecule has 0 aliphatic rings. The smallest absolute Gasteiger partial charge is 0.168 e. The van der Waals surface area contributed by atoms with Crippen molar-refractivity contribution in [3.8, 4) is 11.4 Å². The Morgan fingerprint density at radius 3 is 2.38 bits per heavy atom. The molecule has 24 heavy (non-hydrogen) atoms. The fourth-order valence-electron chi connectivity index (χ4n) is 2.73. The monoisotopic (exact) mass is 313 g/mol. The second kappa shape index (κ2) is 6.08. The van der Waals surface area contributed by atoms with Crippen LogP contribution in [0.15, 0.2) is 79.0 Å². The highest BCUT2D eigenvalue weighted by atomic mass is 16.1. The first-order chi connectivity index (χ1) is 11.8. The molecule has 0 bridgehead atoms. The maximum absolute atomic E-state index is 12.4. The van der Waals surface area contributed by atoms with Gasteiger partial charge in [0.1, 0.15) is 0 Å². The van der Waals surface area contributed by atoms with Crippen LogP contribution in [0.3, 0.4) is 0 Å². The number of Topliss-reactive ketones (excluding diaryl/α,β-unsaturated/α-hetero) is 1. The van der Waals surface area contributed by atoms with Crippen molar-refractivity contribution in [1.82, 2.24) is 14.6 Å². The number of ketones is 1. The first-order valence-electron chi connectivity index (χ1n) is 7.78. The Hall–Kier alpha value is -3.27. The SMILES string of the molecule is O=C(Cc1ccccc1)c1ccc(-c2nnc3ccccn23)cc1. The Bertz CT molecular complexity index is 988. The van der Waals surface area contributed by atoms with Gasteiger partial charge in [0.15, 0.2) is 17.3 Å². The molecule has 0 aliphatic heterocycles. The summed E-state index contributed by atoms with van der Waals surface area (Å²) < 4.78 is 1.93. The van der Waals surface area contributed by atoms with E-state index in [1.807, 2.05) is 83.4 Å². The van der Waals surface area contributed by atoms with Crippen LogP contribution in [0.2, 0.25) is 0 Å². The molecule has 0 saturated heterocycles. The summed E-state index contributed by atoms with van der Waals surface area (Å²) in [6.07, 6.45) is 2.34. The van der Waals surface area contributed by atoms with Crippen molar-refractivity contribution in [2.24, 2.45) is 0 Å². The van der Waals surface area contributed by atoms with E-state index in [4.69, 9.17) is 0 Å². The maximum Gasteiger partial charge on any atom is 0.168 e. The predicted octanol–water partition coefficient (Wildman–Crippen LogP) is 3.82. The second-order valence-electron chi connectivity index (χ2n) is 5.62. The molecular weight excluding hydrogens is 298 g/mol. The molecule has 0 fully saturated rings. The van der Waals surface area contributed by atoms with Crippen molar-refractivity contribution in [2.75, 3.05) is 0 Å². The topological polar surface area (TPSA) is 47.3 Å². The molecule has 4 nitrogen and oxygen atoms in total. The van der Waals surface area contributed by atoms with E-state index < -0.39 is 0 Å². The minimum Gasteiger partial charge on any atom is -0.294 e. The van der Waals surface area contributed by atoms with E-state index in [1.54, 1.807) is 0 Å². The number of aromatic nitrogens is 3. The fourth-order valence-corrected chi connectivity index (χ4v) is 2.73. The number of carbonyl (C=O) groups is 1. The number of nitrogens with zero attached hydrogens (tertiary/aromatic N) is 3. The van der Waals surface area contributed by atoms with Crippen molar-refractivity contribution >= 4 is 11.4 Å². The molecular formula is C20H15N3O. The van der Waals surface area contributed by atoms with Gasteiger partial charge < -0.3 is 0 Å². The summed E-state index contributed by atoms with van der Waals surface area (Å²) >= 11 is 0. The summed E-state index contributed by atoms with van der Waals surface area (Å²) in [6.45, 7) is 0. The molecule has 2 heterocycles. The van der Waals surface area contributed by atoms with Gasteiger partial charge in [-0.1, -0.05) is 60.7 Å². The molecule has 0 spiro atoms. The van der Waals surface area contributed by atoms with Crippen LogP contribution in [0.4, 0.5) is 0 Å². The van der Waals surface area contributed by atoms with Gasteiger partial charge in [-0.25, -0.2) is 0 Å². The number of pyridine rings is 1. The Morgan fingerprint density at radius 2 is 1.58 bits per heavy atom. The number of rotatable bonds is 4. The molecule has 0 atom stereocenters. The summed E-state index contributed by atoms with van der Waals surface area (Å²) in [5, 5.41) is 8.39. The lowest BCUT2D eigenvalue weighted by atomic mass is 10.0. The summed E-state index contributed by atoms with van der Waals surface area (Å²) in [6, 6.07) is 23.1. The molecule has 0 amide bonds. The summed E-state index contributed by atoms with van der Waals surface area (Å²) in [5.74, 6) is 0.881. The predicted molar refractivity (Wildman–Crippen MR) is 92.9 cm³/mol. The minimum absolute atomic E-state index is 0.110. The number of fused-ring (bicyclic) bond motifs is 1. The summed E-state index contributed by atoms with van der Waals surface area (Å²) in [5.41, 5.74) is 3.47.